The summed E-state index contributed by atoms with van der Waals surface area (Å²) >= 11 is 0. The van der Waals surface area contributed by atoms with E-state index >= 15 is 0 Å². The molecule has 4 amide bonds. The molecule has 4 N–H and O–H groups in total. The van der Waals surface area contributed by atoms with Crippen LogP contribution in [0.4, 0.5) is 10.5 Å². The van der Waals surface area contributed by atoms with Crippen molar-refractivity contribution in [2.24, 2.45) is 5.73 Å². The second kappa shape index (κ2) is 12.8. The number of benzene rings is 2. The maximum absolute atomic E-state index is 13.8. The molecule has 202 valence electrons. The summed E-state index contributed by atoms with van der Waals surface area (Å²) in [6.45, 7) is 10.6. The molecule has 2 unspecified atom stereocenters. The van der Waals surface area contributed by atoms with Crippen molar-refractivity contribution in [1.82, 2.24) is 10.2 Å². The molecule has 0 aliphatic heterocycles. The van der Waals surface area contributed by atoms with Gasteiger partial charge >= 0.3 is 6.09 Å². The number of carbonyl (C=O) groups excluding carboxylic acids is 4. The maximum Gasteiger partial charge on any atom is 0.408 e. The molecule has 2 rings (SSSR count). The first-order valence-electron chi connectivity index (χ1n) is 12.2. The highest BCUT2D eigenvalue weighted by atomic mass is 16.6. The summed E-state index contributed by atoms with van der Waals surface area (Å²) < 4.78 is 5.28. The molecule has 2 aromatic rings. The molecule has 0 saturated heterocycles. The van der Waals surface area contributed by atoms with Crippen molar-refractivity contribution >= 4 is 29.5 Å². The van der Waals surface area contributed by atoms with Gasteiger partial charge in [-0.05, 0) is 64.7 Å². The zero-order valence-corrected chi connectivity index (χ0v) is 22.8. The Morgan fingerprint density at radius 3 is 2.18 bits per heavy atom. The van der Waals surface area contributed by atoms with Crippen molar-refractivity contribution in [2.75, 3.05) is 5.32 Å². The van der Waals surface area contributed by atoms with Crippen molar-refractivity contribution in [3.8, 4) is 12.5 Å². The number of amides is 4. The number of nitrogens with two attached hydrogens (primary N) is 1. The van der Waals surface area contributed by atoms with Crippen LogP contribution in [0.2, 0.25) is 0 Å². The van der Waals surface area contributed by atoms with Gasteiger partial charge in [0, 0.05) is 18.2 Å². The Morgan fingerprint density at radius 1 is 1.05 bits per heavy atom. The molecule has 0 bridgehead atoms. The number of hydrogen-bond acceptors (Lipinski definition) is 5. The molecular weight excluding hydrogens is 484 g/mol. The molecule has 0 heterocycles. The molecule has 2 aromatic carbocycles. The first kappa shape index (κ1) is 29.9. The Labute approximate surface area is 224 Å². The second-order valence-electron chi connectivity index (χ2n) is 10.1. The molecule has 0 aliphatic carbocycles. The topological polar surface area (TPSA) is 131 Å². The average molecular weight is 521 g/mol. The summed E-state index contributed by atoms with van der Waals surface area (Å²) in [4.78, 5) is 52.4. The van der Waals surface area contributed by atoms with Gasteiger partial charge in [0.05, 0.1) is 0 Å². The monoisotopic (exact) mass is 520 g/mol. The molecule has 0 fully saturated rings. The first-order valence-corrected chi connectivity index (χ1v) is 12.2. The van der Waals surface area contributed by atoms with Crippen LogP contribution in [-0.2, 0) is 19.1 Å². The van der Waals surface area contributed by atoms with Gasteiger partial charge < -0.3 is 21.1 Å². The van der Waals surface area contributed by atoms with Crippen molar-refractivity contribution in [3.63, 3.8) is 0 Å². The Balaban J connectivity index is 2.51. The Morgan fingerprint density at radius 2 is 1.66 bits per heavy atom. The van der Waals surface area contributed by atoms with Gasteiger partial charge in [0.15, 0.2) is 0 Å². The van der Waals surface area contributed by atoms with E-state index in [1.807, 2.05) is 45.0 Å². The van der Waals surface area contributed by atoms with Gasteiger partial charge in [0.1, 0.15) is 17.7 Å². The molecule has 0 aromatic heterocycles. The van der Waals surface area contributed by atoms with E-state index in [1.165, 1.54) is 0 Å². The lowest BCUT2D eigenvalue weighted by Crippen LogP contribution is -2.51. The minimum Gasteiger partial charge on any atom is -0.444 e. The highest BCUT2D eigenvalue weighted by Crippen LogP contribution is 2.27. The van der Waals surface area contributed by atoms with Crippen LogP contribution in [-0.4, -0.2) is 40.4 Å². The van der Waals surface area contributed by atoms with E-state index in [0.717, 1.165) is 21.6 Å². The van der Waals surface area contributed by atoms with Gasteiger partial charge in [0.25, 0.3) is 11.8 Å². The van der Waals surface area contributed by atoms with Crippen LogP contribution in [0.5, 0.6) is 0 Å². The molecule has 0 radical (unpaired) electrons. The summed E-state index contributed by atoms with van der Waals surface area (Å²) in [6, 6.07) is 12.5. The van der Waals surface area contributed by atoms with Crippen LogP contribution in [0, 0.1) is 33.2 Å². The third kappa shape index (κ3) is 8.37. The third-order valence-corrected chi connectivity index (χ3v) is 5.64. The number of nitrogens with zero attached hydrogens (tertiary/aromatic N) is 1. The number of alkyl carbamates (subject to hydrolysis) is 1. The summed E-state index contributed by atoms with van der Waals surface area (Å²) in [5, 5.41) is 5.39. The number of rotatable bonds is 9. The molecule has 9 heteroatoms. The normalized spacial score (nSPS) is 12.4. The molecule has 9 nitrogen and oxygen atoms in total. The van der Waals surface area contributed by atoms with Crippen molar-refractivity contribution < 1.29 is 23.9 Å². The quantitative estimate of drug-likeness (QED) is 0.341. The van der Waals surface area contributed by atoms with Crippen LogP contribution in [0.25, 0.3) is 0 Å². The molecule has 2 atom stereocenters. The third-order valence-electron chi connectivity index (χ3n) is 5.64. The summed E-state index contributed by atoms with van der Waals surface area (Å²) in [5.41, 5.74) is 8.09. The van der Waals surface area contributed by atoms with Crippen LogP contribution >= 0.6 is 0 Å². The molecule has 0 saturated carbocycles. The molecule has 0 aliphatic rings. The van der Waals surface area contributed by atoms with Gasteiger partial charge in [-0.1, -0.05) is 54.5 Å². The standard InChI is InChI=1S/C29H36N4O5/c1-8-33(27(36)22(15-16-23(30)34)31-28(37)38-29(5,6)7)25(21-14-9-11-18(2)17-21)26(35)32-24-19(3)12-10-13-20(24)4/h1,9-14,17,22,25H,15-16H2,2-7H3,(H2,30,34)(H,31,37)(H,32,35). The van der Waals surface area contributed by atoms with E-state index in [2.05, 4.69) is 16.7 Å². The highest BCUT2D eigenvalue weighted by Gasteiger charge is 2.36. The van der Waals surface area contributed by atoms with E-state index < -0.39 is 41.5 Å². The molecule has 38 heavy (non-hydrogen) atoms. The predicted octanol–water partition coefficient (Wildman–Crippen LogP) is 3.87. The van der Waals surface area contributed by atoms with E-state index in [0.29, 0.717) is 11.3 Å². The average Bonchev–Trinajstić information content (AvgIpc) is 2.80. The zero-order chi connectivity index (χ0) is 28.6. The Hall–Kier alpha value is -4.32. The highest BCUT2D eigenvalue weighted by molar-refractivity contribution is 6.00. The van der Waals surface area contributed by atoms with Gasteiger partial charge in [-0.25, -0.2) is 4.79 Å². The summed E-state index contributed by atoms with van der Waals surface area (Å²) in [5.74, 6) is -1.96. The zero-order valence-electron chi connectivity index (χ0n) is 22.8. The lowest BCUT2D eigenvalue weighted by molar-refractivity contribution is -0.137. The lowest BCUT2D eigenvalue weighted by Gasteiger charge is -2.30. The van der Waals surface area contributed by atoms with E-state index in [9.17, 15) is 19.2 Å². The fourth-order valence-electron chi connectivity index (χ4n) is 3.89. The fraction of sp³-hybridized carbons (Fsp3) is 0.379. The van der Waals surface area contributed by atoms with Gasteiger partial charge in [-0.2, -0.15) is 0 Å². The van der Waals surface area contributed by atoms with Gasteiger partial charge in [0.2, 0.25) is 5.91 Å². The fourth-order valence-corrected chi connectivity index (χ4v) is 3.89. The number of ether oxygens (including phenoxy) is 1. The second-order valence-corrected chi connectivity index (χ2v) is 10.1. The number of hydrogen-bond donors (Lipinski definition) is 3. The number of carbonyl (C=O) groups is 4. The predicted molar refractivity (Wildman–Crippen MR) is 146 cm³/mol. The van der Waals surface area contributed by atoms with Crippen LogP contribution < -0.4 is 16.4 Å². The minimum absolute atomic E-state index is 0.134. The lowest BCUT2D eigenvalue weighted by atomic mass is 10.00. The number of aryl methyl sites for hydroxylation is 3. The summed E-state index contributed by atoms with van der Waals surface area (Å²) in [6.07, 6.45) is 4.60. The Kier molecular flexibility index (Phi) is 10.1. The first-order chi connectivity index (χ1) is 17.7. The summed E-state index contributed by atoms with van der Waals surface area (Å²) in [7, 11) is 0. The smallest absolute Gasteiger partial charge is 0.408 e. The number of anilines is 1. The molecule has 0 spiro atoms. The number of para-hydroxylation sites is 1. The molecular formula is C29H36N4O5. The van der Waals surface area contributed by atoms with Crippen LogP contribution in [0.15, 0.2) is 42.5 Å². The number of nitrogens with one attached hydrogen (secondary N) is 2. The van der Waals surface area contributed by atoms with Gasteiger partial charge in [-0.3, -0.25) is 19.3 Å². The van der Waals surface area contributed by atoms with E-state index in [-0.39, 0.29) is 12.8 Å². The number of terminal acetylenes is 1. The number of primary amides is 1. The van der Waals surface area contributed by atoms with E-state index in [4.69, 9.17) is 16.9 Å². The van der Waals surface area contributed by atoms with Gasteiger partial charge in [-0.15, -0.1) is 0 Å². The largest absolute Gasteiger partial charge is 0.444 e. The van der Waals surface area contributed by atoms with Crippen molar-refractivity contribution in [2.45, 2.75) is 72.1 Å². The van der Waals surface area contributed by atoms with Crippen molar-refractivity contribution in [1.29, 1.82) is 0 Å². The maximum atomic E-state index is 13.8. The SMILES string of the molecule is C#CN(C(=O)C(CCC(N)=O)NC(=O)OC(C)(C)C)C(C(=O)Nc1c(C)cccc1C)c1cccc(C)c1. The van der Waals surface area contributed by atoms with Crippen LogP contribution in [0.1, 0.15) is 61.9 Å². The Bertz CT molecular complexity index is 1220. The van der Waals surface area contributed by atoms with E-state index in [1.54, 1.807) is 39.0 Å². The van der Waals surface area contributed by atoms with Crippen molar-refractivity contribution in [3.05, 3.63) is 64.7 Å². The minimum atomic E-state index is -1.27. The van der Waals surface area contributed by atoms with Crippen LogP contribution in [0.3, 0.4) is 0 Å².